The molecule has 0 saturated carbocycles. The number of ether oxygens (including phenoxy) is 1. The van der Waals surface area contributed by atoms with Gasteiger partial charge >= 0.3 is 5.97 Å². The largest absolute Gasteiger partial charge is 0.496 e. The van der Waals surface area contributed by atoms with Crippen molar-refractivity contribution in [3.8, 4) is 5.75 Å². The Labute approximate surface area is 97.8 Å². The maximum Gasteiger partial charge on any atom is 0.336 e. The van der Waals surface area contributed by atoms with E-state index in [-0.39, 0.29) is 16.9 Å². The third-order valence-electron chi connectivity index (χ3n) is 2.13. The van der Waals surface area contributed by atoms with Crippen LogP contribution in [0.15, 0.2) is 18.2 Å². The minimum absolute atomic E-state index is 0.0189. The minimum Gasteiger partial charge on any atom is -0.496 e. The van der Waals surface area contributed by atoms with Crippen molar-refractivity contribution in [1.29, 1.82) is 0 Å². The number of rotatable bonds is 4. The summed E-state index contributed by atoms with van der Waals surface area (Å²) in [6.07, 6.45) is 0. The Morgan fingerprint density at radius 3 is 2.50 bits per heavy atom. The molecule has 86 valence electrons. The minimum atomic E-state index is -1.14. The SMILES string of the molecule is COc1cccc(C(=O)O)c1C(Cl)C(C)=O. The van der Waals surface area contributed by atoms with Crippen molar-refractivity contribution in [1.82, 2.24) is 0 Å². The van der Waals surface area contributed by atoms with Gasteiger partial charge in [0.05, 0.1) is 12.7 Å². The van der Waals surface area contributed by atoms with Crippen LogP contribution in [0, 0.1) is 0 Å². The summed E-state index contributed by atoms with van der Waals surface area (Å²) in [5.41, 5.74) is 0.182. The van der Waals surface area contributed by atoms with Gasteiger partial charge < -0.3 is 9.84 Å². The highest BCUT2D eigenvalue weighted by atomic mass is 35.5. The van der Waals surface area contributed by atoms with Crippen LogP contribution < -0.4 is 4.74 Å². The van der Waals surface area contributed by atoms with E-state index in [2.05, 4.69) is 0 Å². The van der Waals surface area contributed by atoms with E-state index in [9.17, 15) is 9.59 Å². The number of benzene rings is 1. The molecule has 0 spiro atoms. The van der Waals surface area contributed by atoms with Crippen LogP contribution in [-0.4, -0.2) is 24.0 Å². The van der Waals surface area contributed by atoms with Crippen molar-refractivity contribution in [3.05, 3.63) is 29.3 Å². The topological polar surface area (TPSA) is 63.6 Å². The number of carboxylic acid groups (broad SMARTS) is 1. The standard InChI is InChI=1S/C11H11ClO4/c1-6(13)10(12)9-7(11(14)15)4-3-5-8(9)16-2/h3-5,10H,1-2H3,(H,14,15). The second kappa shape index (κ2) is 4.99. The Kier molecular flexibility index (Phi) is 3.90. The molecule has 1 N–H and O–H groups in total. The van der Waals surface area contributed by atoms with Crippen molar-refractivity contribution in [2.75, 3.05) is 7.11 Å². The first-order chi connectivity index (χ1) is 7.49. The van der Waals surface area contributed by atoms with Gasteiger partial charge in [-0.3, -0.25) is 4.79 Å². The molecule has 1 aromatic carbocycles. The predicted molar refractivity (Wildman–Crippen MR) is 59.2 cm³/mol. The van der Waals surface area contributed by atoms with Gasteiger partial charge in [0.15, 0.2) is 5.78 Å². The highest BCUT2D eigenvalue weighted by molar-refractivity contribution is 6.31. The fourth-order valence-electron chi connectivity index (χ4n) is 1.37. The number of hydrogen-bond donors (Lipinski definition) is 1. The first kappa shape index (κ1) is 12.5. The van der Waals surface area contributed by atoms with Crippen molar-refractivity contribution in [3.63, 3.8) is 0 Å². The predicted octanol–water partition coefficient (Wildman–Crippen LogP) is 2.26. The molecule has 0 radical (unpaired) electrons. The summed E-state index contributed by atoms with van der Waals surface area (Å²) in [6, 6.07) is 4.49. The summed E-state index contributed by atoms with van der Waals surface area (Å²) in [4.78, 5) is 22.2. The van der Waals surface area contributed by atoms with Gasteiger partial charge in [-0.25, -0.2) is 4.79 Å². The molecule has 16 heavy (non-hydrogen) atoms. The molecule has 0 aliphatic carbocycles. The molecule has 0 heterocycles. The van der Waals surface area contributed by atoms with Crippen molar-refractivity contribution >= 4 is 23.4 Å². The lowest BCUT2D eigenvalue weighted by Gasteiger charge is -2.14. The first-order valence-corrected chi connectivity index (χ1v) is 4.97. The lowest BCUT2D eigenvalue weighted by Crippen LogP contribution is -2.10. The van der Waals surface area contributed by atoms with E-state index in [1.165, 1.54) is 26.2 Å². The number of ketones is 1. The number of methoxy groups -OCH3 is 1. The molecule has 1 unspecified atom stereocenters. The summed E-state index contributed by atoms with van der Waals surface area (Å²) in [5.74, 6) is -1.16. The molecule has 0 saturated heterocycles. The molecule has 1 atom stereocenters. The normalized spacial score (nSPS) is 11.9. The van der Waals surface area contributed by atoms with Crippen LogP contribution in [0.1, 0.15) is 28.2 Å². The van der Waals surface area contributed by atoms with Crippen LogP contribution in [-0.2, 0) is 4.79 Å². The highest BCUT2D eigenvalue weighted by Crippen LogP contribution is 2.33. The van der Waals surface area contributed by atoms with Gasteiger partial charge in [0.1, 0.15) is 11.1 Å². The van der Waals surface area contributed by atoms with Crippen LogP contribution in [0.2, 0.25) is 0 Å². The fourth-order valence-corrected chi connectivity index (χ4v) is 1.60. The average molecular weight is 243 g/mol. The molecule has 1 aromatic rings. The van der Waals surface area contributed by atoms with Crippen LogP contribution in [0.3, 0.4) is 0 Å². The summed E-state index contributed by atoms with van der Waals surface area (Å²) < 4.78 is 5.01. The van der Waals surface area contributed by atoms with Gasteiger partial charge in [0.25, 0.3) is 0 Å². The zero-order valence-electron chi connectivity index (χ0n) is 8.86. The molecule has 5 heteroatoms. The lowest BCUT2D eigenvalue weighted by molar-refractivity contribution is -0.116. The van der Waals surface area contributed by atoms with Crippen molar-refractivity contribution < 1.29 is 19.4 Å². The van der Waals surface area contributed by atoms with Crippen molar-refractivity contribution in [2.24, 2.45) is 0 Å². The van der Waals surface area contributed by atoms with E-state index in [4.69, 9.17) is 21.4 Å². The number of halogens is 1. The maximum absolute atomic E-state index is 11.2. The Balaban J connectivity index is 3.41. The van der Waals surface area contributed by atoms with Gasteiger partial charge in [-0.1, -0.05) is 6.07 Å². The van der Waals surface area contributed by atoms with E-state index >= 15 is 0 Å². The van der Waals surface area contributed by atoms with Crippen LogP contribution in [0.25, 0.3) is 0 Å². The Morgan fingerprint density at radius 2 is 2.06 bits per heavy atom. The molecule has 0 bridgehead atoms. The Hall–Kier alpha value is -1.55. The zero-order valence-corrected chi connectivity index (χ0v) is 9.62. The second-order valence-electron chi connectivity index (χ2n) is 3.20. The van der Waals surface area contributed by atoms with Crippen LogP contribution in [0.4, 0.5) is 0 Å². The van der Waals surface area contributed by atoms with Gasteiger partial charge in [-0.15, -0.1) is 11.6 Å². The summed E-state index contributed by atoms with van der Waals surface area (Å²) >= 11 is 5.88. The number of carbonyl (C=O) groups is 2. The highest BCUT2D eigenvalue weighted by Gasteiger charge is 2.24. The summed E-state index contributed by atoms with van der Waals surface area (Å²) in [5, 5.41) is 7.98. The first-order valence-electron chi connectivity index (χ1n) is 4.53. The molecule has 0 fully saturated rings. The van der Waals surface area contributed by atoms with Gasteiger partial charge in [0, 0.05) is 5.56 Å². The average Bonchev–Trinajstić information content (AvgIpc) is 2.26. The zero-order chi connectivity index (χ0) is 12.3. The van der Waals surface area contributed by atoms with E-state index in [1.54, 1.807) is 6.07 Å². The summed E-state index contributed by atoms with van der Waals surface area (Å²) in [7, 11) is 1.40. The molecule has 0 amide bonds. The Bertz CT molecular complexity index is 428. The molecule has 0 aromatic heterocycles. The van der Waals surface area contributed by atoms with E-state index in [0.29, 0.717) is 5.75 Å². The molecule has 1 rings (SSSR count). The number of carbonyl (C=O) groups excluding carboxylic acids is 1. The smallest absolute Gasteiger partial charge is 0.336 e. The third-order valence-corrected chi connectivity index (χ3v) is 2.65. The van der Waals surface area contributed by atoms with E-state index in [0.717, 1.165) is 0 Å². The molecule has 4 nitrogen and oxygen atoms in total. The lowest BCUT2D eigenvalue weighted by atomic mass is 10.0. The van der Waals surface area contributed by atoms with E-state index < -0.39 is 11.3 Å². The number of aromatic carboxylic acids is 1. The number of hydrogen-bond acceptors (Lipinski definition) is 3. The Morgan fingerprint density at radius 1 is 1.44 bits per heavy atom. The van der Waals surface area contributed by atoms with E-state index in [1.807, 2.05) is 0 Å². The number of carboxylic acids is 1. The summed E-state index contributed by atoms with van der Waals surface area (Å²) in [6.45, 7) is 1.30. The molecule has 0 aliphatic heterocycles. The van der Waals surface area contributed by atoms with Gasteiger partial charge in [-0.2, -0.15) is 0 Å². The second-order valence-corrected chi connectivity index (χ2v) is 3.64. The van der Waals surface area contributed by atoms with Gasteiger partial charge in [0.2, 0.25) is 0 Å². The van der Waals surface area contributed by atoms with Crippen LogP contribution >= 0.6 is 11.6 Å². The molecular weight excluding hydrogens is 232 g/mol. The quantitative estimate of drug-likeness (QED) is 0.823. The maximum atomic E-state index is 11.2. The number of alkyl halides is 1. The third kappa shape index (κ3) is 2.33. The molecule has 0 aliphatic rings. The molecular formula is C11H11ClO4. The van der Waals surface area contributed by atoms with Gasteiger partial charge in [-0.05, 0) is 19.1 Å². The number of Topliss-reactive ketones (excluding diaryl/α,β-unsaturated/α-hetero) is 1. The van der Waals surface area contributed by atoms with Crippen LogP contribution in [0.5, 0.6) is 5.75 Å². The fraction of sp³-hybridized carbons (Fsp3) is 0.273. The van der Waals surface area contributed by atoms with Crippen molar-refractivity contribution in [2.45, 2.75) is 12.3 Å². The monoisotopic (exact) mass is 242 g/mol.